The molecule has 0 aromatic carbocycles. The topological polar surface area (TPSA) is 97.1 Å². The van der Waals surface area contributed by atoms with Gasteiger partial charge in [-0.05, 0) is 12.1 Å². The van der Waals surface area contributed by atoms with E-state index in [0.29, 0.717) is 5.69 Å². The number of rotatable bonds is 3. The molecule has 0 saturated carbocycles. The molecule has 0 bridgehead atoms. The third-order valence-electron chi connectivity index (χ3n) is 2.72. The number of aromatic nitrogens is 2. The largest absolute Gasteiger partial charge is 0.464 e. The van der Waals surface area contributed by atoms with Crippen LogP contribution in [0.4, 0.5) is 0 Å². The fourth-order valence-corrected chi connectivity index (χ4v) is 1.81. The van der Waals surface area contributed by atoms with Crippen molar-refractivity contribution in [3.8, 4) is 11.8 Å². The Hall–Kier alpha value is -3.01. The lowest BCUT2D eigenvalue weighted by molar-refractivity contribution is 0.0578. The van der Waals surface area contributed by atoms with Gasteiger partial charge in [-0.25, -0.2) is 9.59 Å². The number of hydrogen-bond acceptors (Lipinski definition) is 5. The molecule has 2 aromatic rings. The maximum atomic E-state index is 11.7. The van der Waals surface area contributed by atoms with Crippen molar-refractivity contribution in [2.75, 3.05) is 14.2 Å². The zero-order valence-electron chi connectivity index (χ0n) is 10.8. The van der Waals surface area contributed by atoms with Gasteiger partial charge in [-0.1, -0.05) is 0 Å². The van der Waals surface area contributed by atoms with E-state index >= 15 is 0 Å². The summed E-state index contributed by atoms with van der Waals surface area (Å²) in [6, 6.07) is 4.92. The minimum atomic E-state index is -0.608. The Morgan fingerprint density at radius 1 is 1.30 bits per heavy atom. The Labute approximate surface area is 114 Å². The van der Waals surface area contributed by atoms with Gasteiger partial charge in [-0.2, -0.15) is 5.26 Å². The number of nitrogens with zero attached hydrogens (tertiary/aromatic N) is 2. The number of esters is 2. The molecular weight excluding hydrogens is 262 g/mol. The van der Waals surface area contributed by atoms with E-state index in [9.17, 15) is 9.59 Å². The Morgan fingerprint density at radius 2 is 2.00 bits per heavy atom. The summed E-state index contributed by atoms with van der Waals surface area (Å²) in [5.41, 5.74) is 1.01. The summed E-state index contributed by atoms with van der Waals surface area (Å²) in [5, 5.41) is 8.94. The van der Waals surface area contributed by atoms with Crippen LogP contribution in [0.1, 0.15) is 26.5 Å². The number of carbonyl (C=O) groups excluding carboxylic acids is 2. The first-order valence-corrected chi connectivity index (χ1v) is 5.59. The number of H-pyrrole nitrogens is 1. The molecule has 0 saturated heterocycles. The van der Waals surface area contributed by atoms with Gasteiger partial charge in [0.25, 0.3) is 0 Å². The van der Waals surface area contributed by atoms with Crippen molar-refractivity contribution in [3.63, 3.8) is 0 Å². The predicted octanol–water partition coefficient (Wildman–Crippen LogP) is 1.25. The van der Waals surface area contributed by atoms with Gasteiger partial charge in [0, 0.05) is 12.4 Å². The molecule has 0 amide bonds. The number of ether oxygens (including phenoxy) is 2. The quantitative estimate of drug-likeness (QED) is 0.849. The van der Waals surface area contributed by atoms with Crippen molar-refractivity contribution in [2.45, 2.75) is 0 Å². The van der Waals surface area contributed by atoms with Crippen LogP contribution in [-0.2, 0) is 9.47 Å². The Balaban J connectivity index is 2.61. The lowest BCUT2D eigenvalue weighted by Gasteiger charge is -2.07. The van der Waals surface area contributed by atoms with Crippen LogP contribution in [0.15, 0.2) is 24.5 Å². The lowest BCUT2D eigenvalue weighted by atomic mass is 10.3. The summed E-state index contributed by atoms with van der Waals surface area (Å²) >= 11 is 0. The molecular formula is C13H11N3O4. The second-order valence-corrected chi connectivity index (χ2v) is 3.82. The molecule has 0 unspecified atom stereocenters. The van der Waals surface area contributed by atoms with Crippen molar-refractivity contribution in [1.29, 1.82) is 5.26 Å². The Bertz CT molecular complexity index is 706. The first kappa shape index (κ1) is 13.4. The van der Waals surface area contributed by atoms with E-state index in [1.54, 1.807) is 6.07 Å². The summed E-state index contributed by atoms with van der Waals surface area (Å²) < 4.78 is 10.7. The van der Waals surface area contributed by atoms with Crippen molar-refractivity contribution in [2.24, 2.45) is 0 Å². The summed E-state index contributed by atoms with van der Waals surface area (Å²) in [7, 11) is 2.49. The average Bonchev–Trinajstić information content (AvgIpc) is 3.11. The lowest BCUT2D eigenvalue weighted by Crippen LogP contribution is -2.12. The van der Waals surface area contributed by atoms with Crippen LogP contribution < -0.4 is 0 Å². The van der Waals surface area contributed by atoms with E-state index < -0.39 is 11.9 Å². The molecule has 0 spiro atoms. The maximum Gasteiger partial charge on any atom is 0.356 e. The van der Waals surface area contributed by atoms with E-state index in [1.807, 2.05) is 6.07 Å². The molecule has 0 radical (unpaired) electrons. The molecule has 1 N–H and O–H groups in total. The van der Waals surface area contributed by atoms with Gasteiger partial charge >= 0.3 is 11.9 Å². The van der Waals surface area contributed by atoms with Crippen molar-refractivity contribution in [3.05, 3.63) is 41.5 Å². The first-order chi connectivity index (χ1) is 9.62. The van der Waals surface area contributed by atoms with Gasteiger partial charge in [-0.15, -0.1) is 0 Å². The predicted molar refractivity (Wildman–Crippen MR) is 67.5 cm³/mol. The van der Waals surface area contributed by atoms with Crippen LogP contribution in [-0.4, -0.2) is 35.7 Å². The molecule has 0 fully saturated rings. The fourth-order valence-electron chi connectivity index (χ4n) is 1.81. The van der Waals surface area contributed by atoms with Gasteiger partial charge < -0.3 is 19.0 Å². The van der Waals surface area contributed by atoms with Crippen molar-refractivity contribution >= 4 is 11.9 Å². The number of aromatic amines is 1. The second kappa shape index (κ2) is 5.32. The zero-order valence-corrected chi connectivity index (χ0v) is 10.8. The smallest absolute Gasteiger partial charge is 0.356 e. The minimum Gasteiger partial charge on any atom is -0.464 e. The number of hydrogen-bond donors (Lipinski definition) is 1. The molecule has 2 heterocycles. The molecule has 102 valence electrons. The highest BCUT2D eigenvalue weighted by atomic mass is 16.5. The SMILES string of the molecule is COC(=O)c1[nH]ccc1-n1cc(C#N)cc1C(=O)OC. The molecule has 7 nitrogen and oxygen atoms in total. The first-order valence-electron chi connectivity index (χ1n) is 5.59. The summed E-state index contributed by atoms with van der Waals surface area (Å²) in [6.07, 6.45) is 2.98. The summed E-state index contributed by atoms with van der Waals surface area (Å²) in [4.78, 5) is 26.1. The van der Waals surface area contributed by atoms with Gasteiger partial charge in [0.05, 0.1) is 25.5 Å². The Morgan fingerprint density at radius 3 is 2.60 bits per heavy atom. The molecule has 20 heavy (non-hydrogen) atoms. The van der Waals surface area contributed by atoms with Gasteiger partial charge in [0.15, 0.2) is 0 Å². The second-order valence-electron chi connectivity index (χ2n) is 3.82. The number of methoxy groups -OCH3 is 2. The molecule has 7 heteroatoms. The van der Waals surface area contributed by atoms with Crippen LogP contribution in [0, 0.1) is 11.3 Å². The Kier molecular flexibility index (Phi) is 3.57. The highest BCUT2D eigenvalue weighted by Crippen LogP contribution is 2.20. The van der Waals surface area contributed by atoms with Gasteiger partial charge in [-0.3, -0.25) is 0 Å². The molecule has 2 aromatic heterocycles. The highest BCUT2D eigenvalue weighted by molar-refractivity contribution is 5.93. The molecule has 2 rings (SSSR count). The number of carbonyl (C=O) groups is 2. The van der Waals surface area contributed by atoms with Crippen LogP contribution in [0.3, 0.4) is 0 Å². The number of nitriles is 1. The van der Waals surface area contributed by atoms with Crippen LogP contribution >= 0.6 is 0 Å². The fraction of sp³-hybridized carbons (Fsp3) is 0.154. The van der Waals surface area contributed by atoms with Gasteiger partial charge in [0.1, 0.15) is 17.5 Å². The minimum absolute atomic E-state index is 0.147. The third-order valence-corrected chi connectivity index (χ3v) is 2.72. The molecule has 0 aliphatic rings. The average molecular weight is 273 g/mol. The molecule has 0 aliphatic heterocycles. The van der Waals surface area contributed by atoms with E-state index in [-0.39, 0.29) is 17.0 Å². The molecule has 0 aliphatic carbocycles. The van der Waals surface area contributed by atoms with Crippen LogP contribution in [0.2, 0.25) is 0 Å². The van der Waals surface area contributed by atoms with Crippen LogP contribution in [0.5, 0.6) is 0 Å². The van der Waals surface area contributed by atoms with E-state index in [4.69, 9.17) is 5.26 Å². The zero-order chi connectivity index (χ0) is 14.7. The monoisotopic (exact) mass is 273 g/mol. The summed E-state index contributed by atoms with van der Waals surface area (Å²) in [5.74, 6) is -1.18. The van der Waals surface area contributed by atoms with Crippen LogP contribution in [0.25, 0.3) is 5.69 Å². The maximum absolute atomic E-state index is 11.7. The van der Waals surface area contributed by atoms with Crippen molar-refractivity contribution < 1.29 is 19.1 Å². The standard InChI is InChI=1S/C13H11N3O4/c1-19-12(17)10-5-8(6-14)7-16(10)9-3-4-15-11(9)13(18)20-2/h3-5,7,15H,1-2H3. The summed E-state index contributed by atoms with van der Waals surface area (Å²) in [6.45, 7) is 0. The van der Waals surface area contributed by atoms with Gasteiger partial charge in [0.2, 0.25) is 0 Å². The third kappa shape index (κ3) is 2.14. The normalized spacial score (nSPS) is 9.85. The van der Waals surface area contributed by atoms with E-state index in [0.717, 1.165) is 0 Å². The van der Waals surface area contributed by atoms with E-state index in [1.165, 1.54) is 37.2 Å². The molecule has 0 atom stereocenters. The number of nitrogens with one attached hydrogen (secondary N) is 1. The highest BCUT2D eigenvalue weighted by Gasteiger charge is 2.21. The van der Waals surface area contributed by atoms with Crippen molar-refractivity contribution in [1.82, 2.24) is 9.55 Å². The van der Waals surface area contributed by atoms with E-state index in [2.05, 4.69) is 14.5 Å².